The molecule has 1 aromatic heterocycles. The lowest BCUT2D eigenvalue weighted by atomic mass is 9.78. The fourth-order valence-corrected chi connectivity index (χ4v) is 2.81. The number of hydrogen-bond acceptors (Lipinski definition) is 3. The third-order valence-corrected chi connectivity index (χ3v) is 3.72. The summed E-state index contributed by atoms with van der Waals surface area (Å²) in [4.78, 5) is 8.64. The molecule has 6 heteroatoms. The van der Waals surface area contributed by atoms with E-state index >= 15 is 0 Å². The molecule has 2 heterocycles. The van der Waals surface area contributed by atoms with Crippen molar-refractivity contribution in [3.05, 3.63) is 24.4 Å². The normalized spacial score (nSPS) is 22.8. The molecule has 0 saturated carbocycles. The molecule has 1 aliphatic heterocycles. The fraction of sp³-hybridized carbons (Fsp3) is 0.625. The Labute approximate surface area is 150 Å². The van der Waals surface area contributed by atoms with Crippen molar-refractivity contribution in [2.24, 2.45) is 22.1 Å². The summed E-state index contributed by atoms with van der Waals surface area (Å²) < 4.78 is 5.96. The molecule has 0 radical (unpaired) electrons. The molecule has 3 N–H and O–H groups in total. The average Bonchev–Trinajstić information content (AvgIpc) is 2.45. The third-order valence-electron chi connectivity index (χ3n) is 3.72. The van der Waals surface area contributed by atoms with E-state index in [1.54, 1.807) is 6.20 Å². The van der Waals surface area contributed by atoms with Crippen molar-refractivity contribution in [1.29, 1.82) is 0 Å². The van der Waals surface area contributed by atoms with E-state index in [1.807, 2.05) is 18.2 Å². The van der Waals surface area contributed by atoms with E-state index in [2.05, 4.69) is 36.1 Å². The molecule has 2 atom stereocenters. The molecule has 5 nitrogen and oxygen atoms in total. The molecule has 0 aromatic carbocycles. The Hall–Kier alpha value is -0.890. The number of pyridine rings is 1. The largest absolute Gasteiger partial charge is 0.377 e. The van der Waals surface area contributed by atoms with Crippen molar-refractivity contribution in [2.45, 2.75) is 39.7 Å². The smallest absolute Gasteiger partial charge is 0.194 e. The van der Waals surface area contributed by atoms with Crippen molar-refractivity contribution in [1.82, 2.24) is 4.98 Å². The van der Waals surface area contributed by atoms with Gasteiger partial charge < -0.3 is 15.8 Å². The summed E-state index contributed by atoms with van der Waals surface area (Å²) in [5, 5.41) is 3.01. The Morgan fingerprint density at radius 2 is 2.23 bits per heavy atom. The topological polar surface area (TPSA) is 72.5 Å². The predicted molar refractivity (Wildman–Crippen MR) is 102 cm³/mol. The van der Waals surface area contributed by atoms with Gasteiger partial charge in [-0.3, -0.25) is 4.99 Å². The van der Waals surface area contributed by atoms with Gasteiger partial charge in [0.15, 0.2) is 5.96 Å². The number of aliphatic imine (C=N–C) groups is 1. The first kappa shape index (κ1) is 19.2. The predicted octanol–water partition coefficient (Wildman–Crippen LogP) is 3.27. The van der Waals surface area contributed by atoms with E-state index in [9.17, 15) is 0 Å². The maximum atomic E-state index is 5.96. The Bertz CT molecular complexity index is 473. The number of nitrogens with two attached hydrogens (primary N) is 1. The summed E-state index contributed by atoms with van der Waals surface area (Å²) in [6, 6.07) is 5.64. The highest BCUT2D eigenvalue weighted by Crippen LogP contribution is 2.34. The lowest BCUT2D eigenvalue weighted by Gasteiger charge is -2.39. The Balaban J connectivity index is 0.00000242. The van der Waals surface area contributed by atoms with E-state index in [4.69, 9.17) is 10.5 Å². The van der Waals surface area contributed by atoms with Gasteiger partial charge in [0.2, 0.25) is 0 Å². The van der Waals surface area contributed by atoms with Crippen LogP contribution in [-0.4, -0.2) is 30.2 Å². The Kier molecular flexibility index (Phi) is 7.55. The molecule has 0 aliphatic carbocycles. The van der Waals surface area contributed by atoms with E-state index < -0.39 is 0 Å². The van der Waals surface area contributed by atoms with Crippen LogP contribution in [0.2, 0.25) is 0 Å². The van der Waals surface area contributed by atoms with Crippen molar-refractivity contribution < 1.29 is 4.74 Å². The van der Waals surface area contributed by atoms with Gasteiger partial charge in [-0.05, 0) is 30.4 Å². The molecule has 0 bridgehead atoms. The minimum Gasteiger partial charge on any atom is -0.377 e. The molecule has 0 spiro atoms. The highest BCUT2D eigenvalue weighted by atomic mass is 127. The highest BCUT2D eigenvalue weighted by molar-refractivity contribution is 14.0. The number of rotatable bonds is 3. The number of guanidine groups is 1. The zero-order valence-corrected chi connectivity index (χ0v) is 15.9. The van der Waals surface area contributed by atoms with Crippen LogP contribution >= 0.6 is 24.0 Å². The van der Waals surface area contributed by atoms with Crippen LogP contribution < -0.4 is 11.1 Å². The molecule has 1 aliphatic rings. The van der Waals surface area contributed by atoms with Gasteiger partial charge in [-0.1, -0.05) is 26.8 Å². The number of nitrogens with zero attached hydrogens (tertiary/aromatic N) is 2. The van der Waals surface area contributed by atoms with Gasteiger partial charge in [0.05, 0.1) is 6.10 Å². The maximum Gasteiger partial charge on any atom is 0.194 e. The second-order valence-electron chi connectivity index (χ2n) is 6.63. The number of anilines is 1. The van der Waals surface area contributed by atoms with Crippen LogP contribution in [0.15, 0.2) is 29.4 Å². The van der Waals surface area contributed by atoms with E-state index in [1.165, 1.54) is 0 Å². The van der Waals surface area contributed by atoms with Crippen LogP contribution in [0, 0.1) is 11.3 Å². The standard InChI is InChI=1S/C16H26N4O.HI/c1-16(2,3)14-12(7-6-10-21-14)11-19-15(17)20-13-8-4-5-9-18-13;/h4-5,8-9,12,14H,6-7,10-11H2,1-3H3,(H3,17,18,19,20);1H. The first-order valence-corrected chi connectivity index (χ1v) is 7.56. The van der Waals surface area contributed by atoms with Gasteiger partial charge in [-0.2, -0.15) is 0 Å². The quantitative estimate of drug-likeness (QED) is 0.449. The second kappa shape index (κ2) is 8.67. The minimum atomic E-state index is 0. The van der Waals surface area contributed by atoms with E-state index in [-0.39, 0.29) is 35.5 Å². The maximum absolute atomic E-state index is 5.96. The van der Waals surface area contributed by atoms with Gasteiger partial charge in [0.25, 0.3) is 0 Å². The number of nitrogens with one attached hydrogen (secondary N) is 1. The molecule has 1 saturated heterocycles. The summed E-state index contributed by atoms with van der Waals surface area (Å²) in [5.41, 5.74) is 6.06. The third kappa shape index (κ3) is 5.72. The van der Waals surface area contributed by atoms with Gasteiger partial charge in [-0.25, -0.2) is 4.98 Å². The number of aromatic nitrogens is 1. The number of hydrogen-bond donors (Lipinski definition) is 2. The van der Waals surface area contributed by atoms with Crippen LogP contribution in [0.25, 0.3) is 0 Å². The Morgan fingerprint density at radius 1 is 1.45 bits per heavy atom. The summed E-state index contributed by atoms with van der Waals surface area (Å²) in [6.45, 7) is 8.19. The van der Waals surface area contributed by atoms with Crippen LogP contribution in [0.5, 0.6) is 0 Å². The first-order chi connectivity index (χ1) is 9.97. The number of halogens is 1. The summed E-state index contributed by atoms with van der Waals surface area (Å²) in [6.07, 6.45) is 4.20. The van der Waals surface area contributed by atoms with Crippen LogP contribution in [-0.2, 0) is 4.74 Å². The van der Waals surface area contributed by atoms with Crippen molar-refractivity contribution in [3.63, 3.8) is 0 Å². The summed E-state index contributed by atoms with van der Waals surface area (Å²) in [7, 11) is 0. The summed E-state index contributed by atoms with van der Waals surface area (Å²) in [5.74, 6) is 1.54. The molecule has 0 amide bonds. The minimum absolute atomic E-state index is 0. The molecular formula is C16H27IN4O. The van der Waals surface area contributed by atoms with E-state index in [0.29, 0.717) is 24.2 Å². The molecule has 2 rings (SSSR count). The van der Waals surface area contributed by atoms with Gasteiger partial charge in [0.1, 0.15) is 5.82 Å². The monoisotopic (exact) mass is 418 g/mol. The van der Waals surface area contributed by atoms with E-state index in [0.717, 1.165) is 19.4 Å². The second-order valence-corrected chi connectivity index (χ2v) is 6.63. The van der Waals surface area contributed by atoms with Crippen molar-refractivity contribution in [2.75, 3.05) is 18.5 Å². The fourth-order valence-electron chi connectivity index (χ4n) is 2.81. The lowest BCUT2D eigenvalue weighted by molar-refractivity contribution is -0.0823. The van der Waals surface area contributed by atoms with Gasteiger partial charge in [-0.15, -0.1) is 24.0 Å². The van der Waals surface area contributed by atoms with Crippen LogP contribution in [0.3, 0.4) is 0 Å². The molecule has 1 aromatic rings. The molecule has 2 unspecified atom stereocenters. The zero-order valence-electron chi connectivity index (χ0n) is 13.6. The molecule has 1 fully saturated rings. The van der Waals surface area contributed by atoms with Gasteiger partial charge in [0, 0.05) is 25.3 Å². The average molecular weight is 418 g/mol. The van der Waals surface area contributed by atoms with Crippen molar-refractivity contribution >= 4 is 35.8 Å². The zero-order chi connectivity index (χ0) is 15.3. The summed E-state index contributed by atoms with van der Waals surface area (Å²) >= 11 is 0. The molecular weight excluding hydrogens is 391 g/mol. The Morgan fingerprint density at radius 3 is 2.86 bits per heavy atom. The van der Waals surface area contributed by atoms with Crippen molar-refractivity contribution in [3.8, 4) is 0 Å². The highest BCUT2D eigenvalue weighted by Gasteiger charge is 2.35. The lowest BCUT2D eigenvalue weighted by Crippen LogP contribution is -2.41. The SMILES string of the molecule is CC(C)(C)C1OCCCC1CN=C(N)Nc1ccccn1.I. The van der Waals surface area contributed by atoms with Gasteiger partial charge >= 0.3 is 0 Å². The first-order valence-electron chi connectivity index (χ1n) is 7.56. The van der Waals surface area contributed by atoms with Crippen LogP contribution in [0.4, 0.5) is 5.82 Å². The van der Waals surface area contributed by atoms with Crippen LogP contribution in [0.1, 0.15) is 33.6 Å². The molecule has 22 heavy (non-hydrogen) atoms. The molecule has 124 valence electrons. The number of ether oxygens (including phenoxy) is 1.